The summed E-state index contributed by atoms with van der Waals surface area (Å²) in [5, 5.41) is 7.47. The van der Waals surface area contributed by atoms with Crippen LogP contribution in [0.15, 0.2) is 30.3 Å². The summed E-state index contributed by atoms with van der Waals surface area (Å²) in [6.45, 7) is 3.88. The smallest absolute Gasteiger partial charge is 0.230 e. The van der Waals surface area contributed by atoms with Crippen LogP contribution in [0.25, 0.3) is 0 Å². The van der Waals surface area contributed by atoms with Crippen LogP contribution in [0.3, 0.4) is 0 Å². The van der Waals surface area contributed by atoms with Crippen LogP contribution in [0, 0.1) is 19.3 Å². The monoisotopic (exact) mass is 255 g/mol. The molecule has 0 fully saturated rings. The van der Waals surface area contributed by atoms with E-state index in [2.05, 4.69) is 9.97 Å². The molecule has 5 heteroatoms. The van der Waals surface area contributed by atoms with Crippen LogP contribution in [0.1, 0.15) is 17.0 Å². The second-order valence-electron chi connectivity index (χ2n) is 4.47. The van der Waals surface area contributed by atoms with Crippen LogP contribution in [0.5, 0.6) is 0 Å². The molecule has 0 aliphatic rings. The van der Waals surface area contributed by atoms with Crippen molar-refractivity contribution in [2.24, 2.45) is 5.73 Å². The van der Waals surface area contributed by atoms with Crippen molar-refractivity contribution in [3.05, 3.63) is 47.3 Å². The number of nitrogens with two attached hydrogens (primary N) is 1. The topological polar surface area (TPSA) is 78.9 Å². The largest absolute Gasteiger partial charge is 0.384 e. The standard InChI is InChI=1S/C14H17N5/c1-9-7-10(2)18-14(17-9)19(3)12-6-4-5-11(8-12)13(15)16/h4-8H,1-3H3,(H3,15,16). The highest BCUT2D eigenvalue weighted by atomic mass is 15.2. The summed E-state index contributed by atoms with van der Waals surface area (Å²) < 4.78 is 0. The number of nitrogens with zero attached hydrogens (tertiary/aromatic N) is 3. The minimum atomic E-state index is 0.0524. The summed E-state index contributed by atoms with van der Waals surface area (Å²) in [6, 6.07) is 9.40. The summed E-state index contributed by atoms with van der Waals surface area (Å²) in [4.78, 5) is 10.7. The van der Waals surface area contributed by atoms with Gasteiger partial charge in [0.15, 0.2) is 0 Å². The molecule has 0 spiro atoms. The third kappa shape index (κ3) is 2.88. The van der Waals surface area contributed by atoms with Gasteiger partial charge in [-0.05, 0) is 32.0 Å². The predicted molar refractivity (Wildman–Crippen MR) is 77.0 cm³/mol. The average Bonchev–Trinajstić information content (AvgIpc) is 2.37. The van der Waals surface area contributed by atoms with Crippen LogP contribution in [-0.2, 0) is 0 Å². The number of benzene rings is 1. The Labute approximate surface area is 112 Å². The third-order valence-corrected chi connectivity index (χ3v) is 2.81. The molecule has 0 unspecified atom stereocenters. The molecule has 0 aliphatic carbocycles. The Hall–Kier alpha value is -2.43. The highest BCUT2D eigenvalue weighted by molar-refractivity contribution is 5.95. The van der Waals surface area contributed by atoms with Gasteiger partial charge in [0.05, 0.1) is 0 Å². The fourth-order valence-electron chi connectivity index (χ4n) is 1.85. The zero-order valence-corrected chi connectivity index (χ0v) is 11.3. The molecule has 0 radical (unpaired) electrons. The first-order valence-electron chi connectivity index (χ1n) is 5.98. The van der Waals surface area contributed by atoms with Gasteiger partial charge in [-0.2, -0.15) is 0 Å². The van der Waals surface area contributed by atoms with Crippen LogP contribution in [0.4, 0.5) is 11.6 Å². The van der Waals surface area contributed by atoms with Gasteiger partial charge in [-0.15, -0.1) is 0 Å². The van der Waals surface area contributed by atoms with Gasteiger partial charge in [0.1, 0.15) is 5.84 Å². The number of hydrogen-bond donors (Lipinski definition) is 2. The van der Waals surface area contributed by atoms with Crippen molar-refractivity contribution in [2.45, 2.75) is 13.8 Å². The van der Waals surface area contributed by atoms with Crippen LogP contribution >= 0.6 is 0 Å². The number of amidine groups is 1. The van der Waals surface area contributed by atoms with Crippen molar-refractivity contribution >= 4 is 17.5 Å². The van der Waals surface area contributed by atoms with E-state index in [9.17, 15) is 0 Å². The van der Waals surface area contributed by atoms with Crippen molar-refractivity contribution < 1.29 is 0 Å². The Morgan fingerprint density at radius 3 is 2.37 bits per heavy atom. The summed E-state index contributed by atoms with van der Waals surface area (Å²) >= 11 is 0. The Bertz CT molecular complexity index is 601. The molecule has 0 bridgehead atoms. The first kappa shape index (κ1) is 13.0. The minimum Gasteiger partial charge on any atom is -0.384 e. The Kier molecular flexibility index (Phi) is 3.46. The van der Waals surface area contributed by atoms with Gasteiger partial charge in [0.2, 0.25) is 5.95 Å². The molecule has 0 aliphatic heterocycles. The number of nitrogens with one attached hydrogen (secondary N) is 1. The first-order chi connectivity index (χ1) is 8.97. The van der Waals surface area contributed by atoms with E-state index in [0.29, 0.717) is 11.5 Å². The molecule has 19 heavy (non-hydrogen) atoms. The number of hydrogen-bond acceptors (Lipinski definition) is 4. The Morgan fingerprint density at radius 1 is 1.16 bits per heavy atom. The van der Waals surface area contributed by atoms with E-state index in [1.54, 1.807) is 0 Å². The number of aromatic nitrogens is 2. The van der Waals surface area contributed by atoms with Crippen molar-refractivity contribution in [1.29, 1.82) is 5.41 Å². The summed E-state index contributed by atoms with van der Waals surface area (Å²) in [7, 11) is 1.90. The maximum absolute atomic E-state index is 7.47. The molecule has 5 nitrogen and oxygen atoms in total. The first-order valence-corrected chi connectivity index (χ1v) is 5.98. The molecule has 0 saturated heterocycles. The molecule has 0 saturated carbocycles. The normalized spacial score (nSPS) is 10.3. The highest BCUT2D eigenvalue weighted by Crippen LogP contribution is 2.21. The van der Waals surface area contributed by atoms with Crippen molar-refractivity contribution in [1.82, 2.24) is 9.97 Å². The zero-order chi connectivity index (χ0) is 14.0. The molecule has 1 heterocycles. The van der Waals surface area contributed by atoms with E-state index in [1.165, 1.54) is 0 Å². The molecule has 1 aromatic carbocycles. The molecule has 0 amide bonds. The molecule has 3 N–H and O–H groups in total. The van der Waals surface area contributed by atoms with Crippen LogP contribution in [0.2, 0.25) is 0 Å². The Balaban J connectivity index is 2.40. The number of rotatable bonds is 3. The van der Waals surface area contributed by atoms with Gasteiger partial charge in [-0.3, -0.25) is 5.41 Å². The number of aryl methyl sites for hydroxylation is 2. The maximum atomic E-state index is 7.47. The van der Waals surface area contributed by atoms with E-state index in [-0.39, 0.29) is 5.84 Å². The fourth-order valence-corrected chi connectivity index (χ4v) is 1.85. The third-order valence-electron chi connectivity index (χ3n) is 2.81. The molecule has 2 rings (SSSR count). The van der Waals surface area contributed by atoms with Crippen molar-refractivity contribution in [2.75, 3.05) is 11.9 Å². The second-order valence-corrected chi connectivity index (χ2v) is 4.47. The van der Waals surface area contributed by atoms with E-state index in [0.717, 1.165) is 17.1 Å². The van der Waals surface area contributed by atoms with Crippen molar-refractivity contribution in [3.8, 4) is 0 Å². The van der Waals surface area contributed by atoms with E-state index < -0.39 is 0 Å². The van der Waals surface area contributed by atoms with E-state index in [1.807, 2.05) is 56.1 Å². The lowest BCUT2D eigenvalue weighted by atomic mass is 10.2. The van der Waals surface area contributed by atoms with Gasteiger partial charge in [-0.1, -0.05) is 12.1 Å². The van der Waals surface area contributed by atoms with Crippen LogP contribution < -0.4 is 10.6 Å². The second kappa shape index (κ2) is 5.06. The Morgan fingerprint density at radius 2 is 1.79 bits per heavy atom. The molecule has 98 valence electrons. The van der Waals surface area contributed by atoms with E-state index >= 15 is 0 Å². The SMILES string of the molecule is Cc1cc(C)nc(N(C)c2cccc(C(=N)N)c2)n1. The molecular weight excluding hydrogens is 238 g/mol. The summed E-state index contributed by atoms with van der Waals surface area (Å²) in [5.41, 5.74) is 8.95. The zero-order valence-electron chi connectivity index (χ0n) is 11.3. The van der Waals surface area contributed by atoms with Gasteiger partial charge in [-0.25, -0.2) is 9.97 Å². The van der Waals surface area contributed by atoms with Gasteiger partial charge in [0, 0.05) is 29.7 Å². The minimum absolute atomic E-state index is 0.0524. The summed E-state index contributed by atoms with van der Waals surface area (Å²) in [5.74, 6) is 0.690. The van der Waals surface area contributed by atoms with Crippen LogP contribution in [-0.4, -0.2) is 22.9 Å². The lowest BCUT2D eigenvalue weighted by Crippen LogP contribution is -2.16. The maximum Gasteiger partial charge on any atom is 0.230 e. The lowest BCUT2D eigenvalue weighted by Gasteiger charge is -2.18. The molecular formula is C14H17N5. The van der Waals surface area contributed by atoms with Gasteiger partial charge < -0.3 is 10.6 Å². The van der Waals surface area contributed by atoms with E-state index in [4.69, 9.17) is 11.1 Å². The number of nitrogen functional groups attached to an aromatic ring is 1. The van der Waals surface area contributed by atoms with Crippen molar-refractivity contribution in [3.63, 3.8) is 0 Å². The van der Waals surface area contributed by atoms with Gasteiger partial charge in [0.25, 0.3) is 0 Å². The average molecular weight is 255 g/mol. The molecule has 2 aromatic rings. The summed E-state index contributed by atoms with van der Waals surface area (Å²) in [6.07, 6.45) is 0. The molecule has 0 atom stereocenters. The molecule has 1 aromatic heterocycles. The van der Waals surface area contributed by atoms with Gasteiger partial charge >= 0.3 is 0 Å². The lowest BCUT2D eigenvalue weighted by molar-refractivity contribution is 0.986. The number of anilines is 2. The quantitative estimate of drug-likeness (QED) is 0.650. The highest BCUT2D eigenvalue weighted by Gasteiger charge is 2.09. The predicted octanol–water partition coefficient (Wildman–Crippen LogP) is 2.15. The fraction of sp³-hybridized carbons (Fsp3) is 0.214.